The molecular formula is C17H21NO4. The molecule has 1 N–H and O–H groups in total. The minimum absolute atomic E-state index is 0.0710. The number of ether oxygens (including phenoxy) is 1. The van der Waals surface area contributed by atoms with Crippen molar-refractivity contribution in [2.24, 2.45) is 5.92 Å². The van der Waals surface area contributed by atoms with Gasteiger partial charge in [-0.3, -0.25) is 4.79 Å². The average Bonchev–Trinajstić information content (AvgIpc) is 2.93. The Balaban J connectivity index is 1.69. The normalized spacial score (nSPS) is 27.3. The van der Waals surface area contributed by atoms with Gasteiger partial charge in [0.1, 0.15) is 11.8 Å². The molecule has 3 unspecified atom stereocenters. The Morgan fingerprint density at radius 2 is 1.91 bits per heavy atom. The topological polar surface area (TPSA) is 66.8 Å². The van der Waals surface area contributed by atoms with Crippen LogP contribution >= 0.6 is 0 Å². The third kappa shape index (κ3) is 2.93. The molecule has 1 aliphatic carbocycles. The maximum Gasteiger partial charge on any atom is 0.326 e. The molecule has 1 heterocycles. The number of aliphatic carboxylic acids is 1. The molecular weight excluding hydrogens is 282 g/mol. The van der Waals surface area contributed by atoms with Crippen LogP contribution in [-0.2, 0) is 9.59 Å². The van der Waals surface area contributed by atoms with Crippen molar-refractivity contribution in [3.05, 3.63) is 30.3 Å². The molecule has 2 fully saturated rings. The molecule has 1 saturated carbocycles. The first kappa shape index (κ1) is 14.9. The summed E-state index contributed by atoms with van der Waals surface area (Å²) in [5.74, 6) is -0.161. The van der Waals surface area contributed by atoms with Crippen LogP contribution in [0.15, 0.2) is 30.3 Å². The number of carboxylic acid groups (broad SMARTS) is 1. The molecule has 5 heteroatoms. The number of para-hydroxylation sites is 1. The number of carboxylic acids is 1. The number of likely N-dealkylation sites (tertiary alicyclic amines) is 1. The molecule has 1 amide bonds. The van der Waals surface area contributed by atoms with Gasteiger partial charge in [-0.15, -0.1) is 0 Å². The lowest BCUT2D eigenvalue weighted by Crippen LogP contribution is -2.48. The Hall–Kier alpha value is -2.04. The standard InChI is InChI=1S/C17H21NO4/c19-16(11-22-13-7-2-1-3-8-13)18-14-9-5-4-6-12(14)10-15(18)17(20)21/h1-3,7-8,12,14-15H,4-6,9-11H2,(H,20,21). The lowest BCUT2D eigenvalue weighted by atomic mass is 9.85. The van der Waals surface area contributed by atoms with E-state index in [2.05, 4.69) is 0 Å². The molecule has 118 valence electrons. The Morgan fingerprint density at radius 1 is 1.18 bits per heavy atom. The monoisotopic (exact) mass is 303 g/mol. The summed E-state index contributed by atoms with van der Waals surface area (Å²) < 4.78 is 5.50. The van der Waals surface area contributed by atoms with Crippen molar-refractivity contribution < 1.29 is 19.4 Å². The van der Waals surface area contributed by atoms with E-state index >= 15 is 0 Å². The SMILES string of the molecule is O=C(O)C1CC2CCCCC2N1C(=O)COc1ccccc1. The number of rotatable bonds is 4. The molecule has 5 nitrogen and oxygen atoms in total. The Bertz CT molecular complexity index is 545. The maximum atomic E-state index is 12.5. The highest BCUT2D eigenvalue weighted by Gasteiger charge is 2.47. The molecule has 3 rings (SSSR count). The van der Waals surface area contributed by atoms with E-state index in [4.69, 9.17) is 4.74 Å². The number of hydrogen-bond acceptors (Lipinski definition) is 3. The van der Waals surface area contributed by atoms with Gasteiger partial charge in [-0.25, -0.2) is 4.79 Å². The lowest BCUT2D eigenvalue weighted by Gasteiger charge is -2.32. The number of hydrogen-bond donors (Lipinski definition) is 1. The molecule has 0 spiro atoms. The Kier molecular flexibility index (Phi) is 4.32. The van der Waals surface area contributed by atoms with Crippen molar-refractivity contribution in [3.63, 3.8) is 0 Å². The van der Waals surface area contributed by atoms with Crippen LogP contribution in [0.2, 0.25) is 0 Å². The number of carbonyl (C=O) groups is 2. The molecule has 0 aromatic heterocycles. The number of fused-ring (bicyclic) bond motifs is 1. The Morgan fingerprint density at radius 3 is 2.64 bits per heavy atom. The van der Waals surface area contributed by atoms with Crippen molar-refractivity contribution in [3.8, 4) is 5.75 Å². The summed E-state index contributed by atoms with van der Waals surface area (Å²) in [6.07, 6.45) is 4.72. The van der Waals surface area contributed by atoms with Crippen molar-refractivity contribution in [1.82, 2.24) is 4.90 Å². The molecule has 1 aliphatic heterocycles. The van der Waals surface area contributed by atoms with Gasteiger partial charge in [-0.2, -0.15) is 0 Å². The summed E-state index contributed by atoms with van der Waals surface area (Å²) in [6.45, 7) is -0.100. The second-order valence-electron chi connectivity index (χ2n) is 6.10. The second-order valence-corrected chi connectivity index (χ2v) is 6.10. The zero-order valence-corrected chi connectivity index (χ0v) is 12.5. The van der Waals surface area contributed by atoms with Crippen LogP contribution in [0.1, 0.15) is 32.1 Å². The van der Waals surface area contributed by atoms with Crippen molar-refractivity contribution in [1.29, 1.82) is 0 Å². The van der Waals surface area contributed by atoms with E-state index in [1.807, 2.05) is 18.2 Å². The summed E-state index contributed by atoms with van der Waals surface area (Å²) in [5.41, 5.74) is 0. The molecule has 3 atom stereocenters. The van der Waals surface area contributed by atoms with Crippen molar-refractivity contribution >= 4 is 11.9 Å². The first-order valence-electron chi connectivity index (χ1n) is 7.88. The highest BCUT2D eigenvalue weighted by molar-refractivity contribution is 5.85. The van der Waals surface area contributed by atoms with E-state index in [9.17, 15) is 14.7 Å². The predicted molar refractivity (Wildman–Crippen MR) is 80.6 cm³/mol. The first-order chi connectivity index (χ1) is 10.7. The van der Waals surface area contributed by atoms with E-state index in [0.717, 1.165) is 25.7 Å². The zero-order valence-electron chi connectivity index (χ0n) is 12.5. The molecule has 22 heavy (non-hydrogen) atoms. The van der Waals surface area contributed by atoms with Gasteiger partial charge in [0.2, 0.25) is 0 Å². The van der Waals surface area contributed by atoms with Crippen LogP contribution in [0.5, 0.6) is 5.75 Å². The summed E-state index contributed by atoms with van der Waals surface area (Å²) in [5, 5.41) is 9.43. The van der Waals surface area contributed by atoms with E-state index < -0.39 is 12.0 Å². The van der Waals surface area contributed by atoms with Gasteiger partial charge in [0, 0.05) is 6.04 Å². The van der Waals surface area contributed by atoms with Gasteiger partial charge in [0.25, 0.3) is 5.91 Å². The van der Waals surface area contributed by atoms with Crippen molar-refractivity contribution in [2.45, 2.75) is 44.2 Å². The fourth-order valence-corrected chi connectivity index (χ4v) is 3.78. The van der Waals surface area contributed by atoms with Crippen molar-refractivity contribution in [2.75, 3.05) is 6.61 Å². The van der Waals surface area contributed by atoms with Crippen LogP contribution in [0.4, 0.5) is 0 Å². The molecule has 1 saturated heterocycles. The molecule has 0 bridgehead atoms. The van der Waals surface area contributed by atoms with Crippen LogP contribution in [0, 0.1) is 5.92 Å². The Labute approximate surface area is 129 Å². The largest absolute Gasteiger partial charge is 0.484 e. The van der Waals surface area contributed by atoms with Gasteiger partial charge in [-0.1, -0.05) is 31.0 Å². The number of carbonyl (C=O) groups excluding carboxylic acids is 1. The maximum absolute atomic E-state index is 12.5. The minimum atomic E-state index is -0.900. The highest BCUT2D eigenvalue weighted by Crippen LogP contribution is 2.39. The quantitative estimate of drug-likeness (QED) is 0.927. The van der Waals surface area contributed by atoms with Gasteiger partial charge in [0.15, 0.2) is 6.61 Å². The van der Waals surface area contributed by atoms with Gasteiger partial charge in [-0.05, 0) is 37.3 Å². The summed E-state index contributed by atoms with van der Waals surface area (Å²) >= 11 is 0. The van der Waals surface area contributed by atoms with Gasteiger partial charge < -0.3 is 14.7 Å². The van der Waals surface area contributed by atoms with Crippen LogP contribution in [-0.4, -0.2) is 40.6 Å². The van der Waals surface area contributed by atoms with E-state index in [-0.39, 0.29) is 18.6 Å². The van der Waals surface area contributed by atoms with Crippen LogP contribution in [0.25, 0.3) is 0 Å². The average molecular weight is 303 g/mol. The number of benzene rings is 1. The highest BCUT2D eigenvalue weighted by atomic mass is 16.5. The van der Waals surface area contributed by atoms with Gasteiger partial charge >= 0.3 is 5.97 Å². The molecule has 1 aromatic carbocycles. The summed E-state index contributed by atoms with van der Waals surface area (Å²) in [6, 6.07) is 8.51. The van der Waals surface area contributed by atoms with E-state index in [1.54, 1.807) is 17.0 Å². The van der Waals surface area contributed by atoms with Crippen LogP contribution < -0.4 is 4.74 Å². The second kappa shape index (κ2) is 6.38. The fraction of sp³-hybridized carbons (Fsp3) is 0.529. The fourth-order valence-electron chi connectivity index (χ4n) is 3.78. The summed E-state index contributed by atoms with van der Waals surface area (Å²) in [4.78, 5) is 25.6. The lowest BCUT2D eigenvalue weighted by molar-refractivity contribution is -0.150. The third-order valence-corrected chi connectivity index (χ3v) is 4.77. The minimum Gasteiger partial charge on any atom is -0.484 e. The molecule has 1 aromatic rings. The predicted octanol–water partition coefficient (Wildman–Crippen LogP) is 2.31. The third-order valence-electron chi connectivity index (χ3n) is 4.77. The smallest absolute Gasteiger partial charge is 0.326 e. The molecule has 0 radical (unpaired) electrons. The number of amides is 1. The van der Waals surface area contributed by atoms with Crippen LogP contribution in [0.3, 0.4) is 0 Å². The van der Waals surface area contributed by atoms with E-state index in [1.165, 1.54) is 0 Å². The summed E-state index contributed by atoms with van der Waals surface area (Å²) in [7, 11) is 0. The van der Waals surface area contributed by atoms with Gasteiger partial charge in [0.05, 0.1) is 0 Å². The van der Waals surface area contributed by atoms with E-state index in [0.29, 0.717) is 18.1 Å². The number of nitrogens with zero attached hydrogens (tertiary/aromatic N) is 1. The first-order valence-corrected chi connectivity index (χ1v) is 7.88. The zero-order chi connectivity index (χ0) is 15.5. The molecule has 2 aliphatic rings.